The van der Waals surface area contributed by atoms with Crippen molar-refractivity contribution in [1.82, 2.24) is 5.32 Å². The molecule has 1 aliphatic rings. The molecule has 0 radical (unpaired) electrons. The SMILES string of the molecule is CCOCC(=O)NC1CCCc2cc(N)ccc21. The first kappa shape index (κ1) is 12.9. The molecular formula is C14H20N2O2. The van der Waals surface area contributed by atoms with Gasteiger partial charge in [-0.15, -0.1) is 0 Å². The Morgan fingerprint density at radius 3 is 3.17 bits per heavy atom. The van der Waals surface area contributed by atoms with Gasteiger partial charge in [0.05, 0.1) is 6.04 Å². The van der Waals surface area contributed by atoms with Gasteiger partial charge in [-0.25, -0.2) is 0 Å². The highest BCUT2D eigenvalue weighted by Crippen LogP contribution is 2.30. The van der Waals surface area contributed by atoms with Crippen LogP contribution in [0.4, 0.5) is 5.69 Å². The van der Waals surface area contributed by atoms with Crippen molar-refractivity contribution in [2.75, 3.05) is 18.9 Å². The molecule has 0 aromatic heterocycles. The summed E-state index contributed by atoms with van der Waals surface area (Å²) < 4.78 is 5.11. The van der Waals surface area contributed by atoms with E-state index in [4.69, 9.17) is 10.5 Å². The molecule has 2 rings (SSSR count). The monoisotopic (exact) mass is 248 g/mol. The van der Waals surface area contributed by atoms with E-state index in [0.717, 1.165) is 24.9 Å². The van der Waals surface area contributed by atoms with E-state index < -0.39 is 0 Å². The van der Waals surface area contributed by atoms with E-state index in [1.807, 2.05) is 25.1 Å². The van der Waals surface area contributed by atoms with E-state index >= 15 is 0 Å². The van der Waals surface area contributed by atoms with Crippen LogP contribution in [0.25, 0.3) is 0 Å². The number of nitrogens with one attached hydrogen (secondary N) is 1. The second-order valence-electron chi connectivity index (χ2n) is 4.61. The van der Waals surface area contributed by atoms with Crippen molar-refractivity contribution in [3.8, 4) is 0 Å². The lowest BCUT2D eigenvalue weighted by Crippen LogP contribution is -2.33. The number of anilines is 1. The quantitative estimate of drug-likeness (QED) is 0.799. The summed E-state index contributed by atoms with van der Waals surface area (Å²) in [5.41, 5.74) is 9.02. The molecule has 1 aromatic rings. The Balaban J connectivity index is 2.06. The number of amides is 1. The molecule has 4 nitrogen and oxygen atoms in total. The lowest BCUT2D eigenvalue weighted by Gasteiger charge is -2.26. The molecule has 0 heterocycles. The Morgan fingerprint density at radius 1 is 1.56 bits per heavy atom. The van der Waals surface area contributed by atoms with Gasteiger partial charge in [0.2, 0.25) is 5.91 Å². The Labute approximate surface area is 108 Å². The molecule has 98 valence electrons. The predicted molar refractivity (Wildman–Crippen MR) is 71.2 cm³/mol. The molecule has 0 fully saturated rings. The summed E-state index contributed by atoms with van der Waals surface area (Å²) in [6, 6.07) is 6.03. The van der Waals surface area contributed by atoms with E-state index in [-0.39, 0.29) is 18.6 Å². The van der Waals surface area contributed by atoms with Crippen molar-refractivity contribution < 1.29 is 9.53 Å². The first-order valence-electron chi connectivity index (χ1n) is 6.46. The first-order valence-corrected chi connectivity index (χ1v) is 6.46. The van der Waals surface area contributed by atoms with Crippen LogP contribution in [0, 0.1) is 0 Å². The van der Waals surface area contributed by atoms with Crippen LogP contribution in [0.1, 0.15) is 36.9 Å². The van der Waals surface area contributed by atoms with Crippen molar-refractivity contribution >= 4 is 11.6 Å². The predicted octanol–water partition coefficient (Wildman–Crippen LogP) is 1.80. The fraction of sp³-hybridized carbons (Fsp3) is 0.500. The lowest BCUT2D eigenvalue weighted by atomic mass is 9.87. The minimum Gasteiger partial charge on any atom is -0.399 e. The molecule has 1 atom stereocenters. The van der Waals surface area contributed by atoms with Gasteiger partial charge in [-0.1, -0.05) is 6.07 Å². The molecule has 1 unspecified atom stereocenters. The Hall–Kier alpha value is -1.55. The highest BCUT2D eigenvalue weighted by Gasteiger charge is 2.21. The molecule has 0 aliphatic heterocycles. The summed E-state index contributed by atoms with van der Waals surface area (Å²) in [5.74, 6) is -0.0495. The smallest absolute Gasteiger partial charge is 0.246 e. The third-order valence-electron chi connectivity index (χ3n) is 3.25. The van der Waals surface area contributed by atoms with Crippen molar-refractivity contribution in [2.24, 2.45) is 0 Å². The van der Waals surface area contributed by atoms with E-state index in [1.54, 1.807) is 0 Å². The Kier molecular flexibility index (Phi) is 4.20. The number of rotatable bonds is 4. The number of fused-ring (bicyclic) bond motifs is 1. The van der Waals surface area contributed by atoms with Crippen LogP contribution in [-0.2, 0) is 16.0 Å². The van der Waals surface area contributed by atoms with Crippen LogP contribution >= 0.6 is 0 Å². The maximum atomic E-state index is 11.7. The highest BCUT2D eigenvalue weighted by molar-refractivity contribution is 5.77. The number of carbonyl (C=O) groups is 1. The van der Waals surface area contributed by atoms with E-state index in [0.29, 0.717) is 6.61 Å². The molecule has 0 saturated heterocycles. The summed E-state index contributed by atoms with van der Waals surface area (Å²) in [4.78, 5) is 11.7. The molecule has 0 spiro atoms. The second-order valence-corrected chi connectivity index (χ2v) is 4.61. The topological polar surface area (TPSA) is 64.3 Å². The van der Waals surface area contributed by atoms with Crippen LogP contribution in [0.2, 0.25) is 0 Å². The van der Waals surface area contributed by atoms with Crippen LogP contribution in [0.3, 0.4) is 0 Å². The lowest BCUT2D eigenvalue weighted by molar-refractivity contribution is -0.126. The standard InChI is InChI=1S/C14H20N2O2/c1-2-18-9-14(17)16-13-5-3-4-10-8-11(15)6-7-12(10)13/h6-8,13H,2-5,9,15H2,1H3,(H,16,17). The van der Waals surface area contributed by atoms with E-state index in [2.05, 4.69) is 5.32 Å². The van der Waals surface area contributed by atoms with Gasteiger partial charge in [0, 0.05) is 12.3 Å². The van der Waals surface area contributed by atoms with Gasteiger partial charge in [-0.2, -0.15) is 0 Å². The third-order valence-corrected chi connectivity index (χ3v) is 3.25. The van der Waals surface area contributed by atoms with Gasteiger partial charge in [0.15, 0.2) is 0 Å². The zero-order valence-corrected chi connectivity index (χ0v) is 10.7. The van der Waals surface area contributed by atoms with Gasteiger partial charge >= 0.3 is 0 Å². The van der Waals surface area contributed by atoms with Gasteiger partial charge in [-0.3, -0.25) is 4.79 Å². The summed E-state index contributed by atoms with van der Waals surface area (Å²) in [5, 5.41) is 3.02. The molecule has 18 heavy (non-hydrogen) atoms. The van der Waals surface area contributed by atoms with Crippen LogP contribution < -0.4 is 11.1 Å². The number of aryl methyl sites for hydroxylation is 1. The molecule has 1 aromatic carbocycles. The maximum absolute atomic E-state index is 11.7. The molecule has 3 N–H and O–H groups in total. The number of nitrogens with two attached hydrogens (primary N) is 1. The van der Waals surface area contributed by atoms with Gasteiger partial charge < -0.3 is 15.8 Å². The minimum atomic E-state index is -0.0495. The number of hydrogen-bond donors (Lipinski definition) is 2. The van der Waals surface area contributed by atoms with Crippen LogP contribution in [-0.4, -0.2) is 19.1 Å². The Morgan fingerprint density at radius 2 is 2.39 bits per heavy atom. The zero-order chi connectivity index (χ0) is 13.0. The largest absolute Gasteiger partial charge is 0.399 e. The van der Waals surface area contributed by atoms with Gasteiger partial charge in [0.25, 0.3) is 0 Å². The molecule has 0 bridgehead atoms. The summed E-state index contributed by atoms with van der Waals surface area (Å²) in [6.45, 7) is 2.58. The number of benzene rings is 1. The number of carbonyl (C=O) groups excluding carboxylic acids is 1. The van der Waals surface area contributed by atoms with Gasteiger partial charge in [-0.05, 0) is 49.4 Å². The molecule has 4 heteroatoms. The van der Waals surface area contributed by atoms with Crippen molar-refractivity contribution in [3.05, 3.63) is 29.3 Å². The van der Waals surface area contributed by atoms with Crippen molar-refractivity contribution in [1.29, 1.82) is 0 Å². The first-order chi connectivity index (χ1) is 8.70. The fourth-order valence-corrected chi connectivity index (χ4v) is 2.41. The van der Waals surface area contributed by atoms with Crippen molar-refractivity contribution in [2.45, 2.75) is 32.2 Å². The zero-order valence-electron chi connectivity index (χ0n) is 10.7. The van der Waals surface area contributed by atoms with Gasteiger partial charge in [0.1, 0.15) is 6.61 Å². The minimum absolute atomic E-state index is 0.0495. The Bertz CT molecular complexity index is 432. The summed E-state index contributed by atoms with van der Waals surface area (Å²) in [6.07, 6.45) is 3.10. The number of nitrogen functional groups attached to an aromatic ring is 1. The average molecular weight is 248 g/mol. The molecule has 1 aliphatic carbocycles. The highest BCUT2D eigenvalue weighted by atomic mass is 16.5. The molecule has 1 amide bonds. The van der Waals surface area contributed by atoms with Crippen molar-refractivity contribution in [3.63, 3.8) is 0 Å². The maximum Gasteiger partial charge on any atom is 0.246 e. The fourth-order valence-electron chi connectivity index (χ4n) is 2.41. The van der Waals surface area contributed by atoms with Crippen LogP contribution in [0.15, 0.2) is 18.2 Å². The van der Waals surface area contributed by atoms with E-state index in [9.17, 15) is 4.79 Å². The summed E-state index contributed by atoms with van der Waals surface area (Å²) in [7, 11) is 0. The number of hydrogen-bond acceptors (Lipinski definition) is 3. The number of ether oxygens (including phenoxy) is 1. The summed E-state index contributed by atoms with van der Waals surface area (Å²) >= 11 is 0. The molecular weight excluding hydrogens is 228 g/mol. The average Bonchev–Trinajstić information content (AvgIpc) is 2.36. The normalized spacial score (nSPS) is 18.2. The third kappa shape index (κ3) is 3.01. The van der Waals surface area contributed by atoms with E-state index in [1.165, 1.54) is 11.1 Å². The van der Waals surface area contributed by atoms with Crippen LogP contribution in [0.5, 0.6) is 0 Å². The molecule has 0 saturated carbocycles. The second kappa shape index (κ2) is 5.87.